The highest BCUT2D eigenvalue weighted by atomic mass is 28.4. The molecule has 144 valence electrons. The van der Waals surface area contributed by atoms with E-state index in [9.17, 15) is 0 Å². The van der Waals surface area contributed by atoms with E-state index in [0.717, 1.165) is 5.75 Å². The molecule has 0 N–H and O–H groups in total. The molecule has 1 aromatic rings. The van der Waals surface area contributed by atoms with Crippen molar-refractivity contribution in [2.45, 2.75) is 71.1 Å². The van der Waals surface area contributed by atoms with Crippen LogP contribution >= 0.6 is 0 Å². The minimum atomic E-state index is -1.92. The van der Waals surface area contributed by atoms with Crippen LogP contribution in [-0.2, 0) is 13.7 Å². The lowest BCUT2D eigenvalue weighted by molar-refractivity contribution is 0.150. The van der Waals surface area contributed by atoms with E-state index in [1.54, 1.807) is 0 Å². The van der Waals surface area contributed by atoms with Crippen LogP contribution in [0.4, 0.5) is 0 Å². The van der Waals surface area contributed by atoms with E-state index in [1.165, 1.54) is 0 Å². The summed E-state index contributed by atoms with van der Waals surface area (Å²) in [5.74, 6) is 2.80. The highest BCUT2D eigenvalue weighted by Gasteiger charge is 2.39. The summed E-state index contributed by atoms with van der Waals surface area (Å²) in [6.45, 7) is 15.7. The number of ether oxygens (including phenoxy) is 1. The van der Waals surface area contributed by atoms with Crippen molar-refractivity contribution in [3.05, 3.63) is 42.4 Å². The molecule has 1 aromatic carbocycles. The maximum Gasteiger partial charge on any atom is 0.486 e. The van der Waals surface area contributed by atoms with Gasteiger partial charge in [0.2, 0.25) is 0 Å². The van der Waals surface area contributed by atoms with Gasteiger partial charge in [-0.25, -0.2) is 0 Å². The summed E-state index contributed by atoms with van der Waals surface area (Å²) in [6, 6.07) is 9.84. The molecule has 1 heterocycles. The van der Waals surface area contributed by atoms with Crippen LogP contribution in [0.5, 0.6) is 5.75 Å². The zero-order valence-electron chi connectivity index (χ0n) is 17.2. The van der Waals surface area contributed by atoms with E-state index in [1.807, 2.05) is 56.2 Å². The van der Waals surface area contributed by atoms with Gasteiger partial charge in [0.1, 0.15) is 12.4 Å². The molecule has 0 aliphatic carbocycles. The van der Waals surface area contributed by atoms with Gasteiger partial charge in [0.05, 0.1) is 18.3 Å². The van der Waals surface area contributed by atoms with Crippen molar-refractivity contribution in [1.29, 1.82) is 0 Å². The minimum Gasteiger partial charge on any atom is -0.491 e. The van der Waals surface area contributed by atoms with E-state index < -0.39 is 8.32 Å². The van der Waals surface area contributed by atoms with Crippen molar-refractivity contribution in [3.63, 3.8) is 0 Å². The number of hydrogen-bond acceptors (Lipinski definition) is 4. The van der Waals surface area contributed by atoms with Crippen LogP contribution in [0.25, 0.3) is 0 Å². The fourth-order valence-electron chi connectivity index (χ4n) is 2.36. The average molecular weight is 376 g/mol. The molecule has 3 unspecified atom stereocenters. The molecule has 0 saturated carbocycles. The Kier molecular flexibility index (Phi) is 7.13. The number of benzene rings is 1. The van der Waals surface area contributed by atoms with E-state index in [-0.39, 0.29) is 30.5 Å². The van der Waals surface area contributed by atoms with Crippen molar-refractivity contribution >= 4 is 15.4 Å². The van der Waals surface area contributed by atoms with E-state index >= 15 is 0 Å². The molecule has 0 spiro atoms. The molecule has 0 bridgehead atoms. The molecule has 0 aromatic heterocycles. The normalized spacial score (nSPS) is 22.8. The first kappa shape index (κ1) is 21.2. The lowest BCUT2D eigenvalue weighted by Crippen LogP contribution is -2.45. The first-order valence-corrected chi connectivity index (χ1v) is 12.3. The van der Waals surface area contributed by atoms with Crippen LogP contribution < -0.4 is 4.74 Å². The third kappa shape index (κ3) is 5.98. The molecule has 4 nitrogen and oxygen atoms in total. The van der Waals surface area contributed by atoms with Crippen LogP contribution in [-0.4, -0.2) is 40.4 Å². The van der Waals surface area contributed by atoms with Gasteiger partial charge < -0.3 is 18.5 Å². The molecule has 1 fully saturated rings. The quantitative estimate of drug-likeness (QED) is 0.637. The second kappa shape index (κ2) is 8.74. The van der Waals surface area contributed by atoms with Crippen molar-refractivity contribution in [2.24, 2.45) is 0 Å². The van der Waals surface area contributed by atoms with Crippen molar-refractivity contribution in [1.82, 2.24) is 0 Å². The van der Waals surface area contributed by atoms with E-state index in [4.69, 9.17) is 18.5 Å². The third-order valence-corrected chi connectivity index (χ3v) is 9.76. The second-order valence-electron chi connectivity index (χ2n) is 8.48. The largest absolute Gasteiger partial charge is 0.491 e. The van der Waals surface area contributed by atoms with Crippen LogP contribution in [0.3, 0.4) is 0 Å². The minimum absolute atomic E-state index is 0.102. The summed E-state index contributed by atoms with van der Waals surface area (Å²) < 4.78 is 24.1. The van der Waals surface area contributed by atoms with Gasteiger partial charge in [0, 0.05) is 0 Å². The summed E-state index contributed by atoms with van der Waals surface area (Å²) in [5.41, 5.74) is 0. The number of hydrogen-bond donors (Lipinski definition) is 0. The summed E-state index contributed by atoms with van der Waals surface area (Å²) >= 11 is 0. The van der Waals surface area contributed by atoms with Gasteiger partial charge >= 0.3 is 7.12 Å². The van der Waals surface area contributed by atoms with Crippen LogP contribution in [0.2, 0.25) is 18.1 Å². The zero-order valence-corrected chi connectivity index (χ0v) is 18.2. The Hall–Kier alpha value is -1.08. The molecule has 2 rings (SSSR count). The van der Waals surface area contributed by atoms with Crippen molar-refractivity contribution in [2.75, 3.05) is 6.61 Å². The first-order valence-electron chi connectivity index (χ1n) is 9.43. The Morgan fingerprint density at radius 3 is 2.23 bits per heavy atom. The van der Waals surface area contributed by atoms with Gasteiger partial charge in [0.25, 0.3) is 0 Å². The smallest absolute Gasteiger partial charge is 0.486 e. The SMILES string of the molecule is CC1OB(/C=C/C(COc2ccccc2)O[Si](C)(C)C(C)(C)C)OC1C. The summed E-state index contributed by atoms with van der Waals surface area (Å²) in [5, 5.41) is 0.134. The van der Waals surface area contributed by atoms with Crippen LogP contribution in [0.1, 0.15) is 34.6 Å². The van der Waals surface area contributed by atoms with Crippen LogP contribution in [0, 0.1) is 0 Å². The molecule has 1 aliphatic heterocycles. The molecule has 1 aliphatic rings. The third-order valence-electron chi connectivity index (χ3n) is 5.25. The Balaban J connectivity index is 2.05. The Morgan fingerprint density at radius 1 is 1.12 bits per heavy atom. The molecule has 6 heteroatoms. The molecular weight excluding hydrogens is 343 g/mol. The highest BCUT2D eigenvalue weighted by Crippen LogP contribution is 2.37. The monoisotopic (exact) mass is 376 g/mol. The predicted molar refractivity (Wildman–Crippen MR) is 110 cm³/mol. The van der Waals surface area contributed by atoms with E-state index in [2.05, 4.69) is 33.9 Å². The summed E-state index contributed by atoms with van der Waals surface area (Å²) in [7, 11) is -2.24. The Bertz CT molecular complexity index is 575. The van der Waals surface area contributed by atoms with E-state index in [0.29, 0.717) is 6.61 Å². The number of rotatable bonds is 7. The fourth-order valence-corrected chi connectivity index (χ4v) is 3.62. The first-order chi connectivity index (χ1) is 12.1. The molecule has 0 amide bonds. The second-order valence-corrected chi connectivity index (χ2v) is 13.2. The predicted octanol–water partition coefficient (Wildman–Crippen LogP) is 4.86. The standard InChI is InChI=1S/C20H33BO4Si/c1-16-17(2)24-21(23-16)14-13-19(25-26(6,7)20(3,4)5)15-22-18-11-9-8-10-12-18/h8-14,16-17,19H,15H2,1-7H3/b14-13+. The Morgan fingerprint density at radius 2 is 1.69 bits per heavy atom. The zero-order chi connectivity index (χ0) is 19.4. The molecule has 1 saturated heterocycles. The van der Waals surface area contributed by atoms with Crippen molar-refractivity contribution < 1.29 is 18.5 Å². The van der Waals surface area contributed by atoms with Gasteiger partial charge in [-0.2, -0.15) is 0 Å². The van der Waals surface area contributed by atoms with Crippen LogP contribution in [0.15, 0.2) is 42.4 Å². The van der Waals surface area contributed by atoms with Gasteiger partial charge in [-0.1, -0.05) is 51.0 Å². The highest BCUT2D eigenvalue weighted by molar-refractivity contribution is 6.74. The van der Waals surface area contributed by atoms with Gasteiger partial charge in [-0.3, -0.25) is 0 Å². The molecule has 26 heavy (non-hydrogen) atoms. The topological polar surface area (TPSA) is 36.9 Å². The Labute approximate surface area is 160 Å². The molecular formula is C20H33BO4Si. The maximum absolute atomic E-state index is 6.55. The lowest BCUT2D eigenvalue weighted by atomic mass is 9.90. The summed E-state index contributed by atoms with van der Waals surface area (Å²) in [6.07, 6.45) is 2.09. The van der Waals surface area contributed by atoms with Crippen molar-refractivity contribution in [3.8, 4) is 5.75 Å². The van der Waals surface area contributed by atoms with Gasteiger partial charge in [-0.05, 0) is 44.1 Å². The molecule has 3 atom stereocenters. The van der Waals surface area contributed by atoms with Gasteiger partial charge in [0.15, 0.2) is 8.32 Å². The molecule has 0 radical (unpaired) electrons. The lowest BCUT2D eigenvalue weighted by Gasteiger charge is -2.38. The maximum atomic E-state index is 6.55. The average Bonchev–Trinajstić information content (AvgIpc) is 2.88. The van der Waals surface area contributed by atoms with Gasteiger partial charge in [-0.15, -0.1) is 0 Å². The summed E-state index contributed by atoms with van der Waals surface area (Å²) in [4.78, 5) is 0. The number of para-hydroxylation sites is 1. The fraction of sp³-hybridized carbons (Fsp3) is 0.600.